The van der Waals surface area contributed by atoms with E-state index in [9.17, 15) is 24.5 Å². The third-order valence-electron chi connectivity index (χ3n) is 5.49. The van der Waals surface area contributed by atoms with E-state index < -0.39 is 29.9 Å². The van der Waals surface area contributed by atoms with Gasteiger partial charge < -0.3 is 25.4 Å². The first kappa shape index (κ1) is 20.8. The van der Waals surface area contributed by atoms with Gasteiger partial charge >= 0.3 is 6.09 Å². The number of nitrogens with one attached hydrogen (secondary N) is 1. The van der Waals surface area contributed by atoms with Crippen LogP contribution in [0, 0.1) is 5.82 Å². The van der Waals surface area contributed by atoms with Gasteiger partial charge in [-0.25, -0.2) is 9.18 Å². The molecule has 4 N–H and O–H groups in total. The van der Waals surface area contributed by atoms with Crippen LogP contribution in [0.3, 0.4) is 0 Å². The second-order valence-electron chi connectivity index (χ2n) is 7.40. The Morgan fingerprint density at radius 2 is 1.58 bits per heavy atom. The van der Waals surface area contributed by atoms with Crippen LogP contribution >= 0.6 is 0 Å². The van der Waals surface area contributed by atoms with Gasteiger partial charge in [-0.2, -0.15) is 0 Å². The number of rotatable bonds is 6. The van der Waals surface area contributed by atoms with Crippen LogP contribution in [-0.2, 0) is 4.74 Å². The molecule has 4 rings (SSSR count). The van der Waals surface area contributed by atoms with Gasteiger partial charge in [-0.1, -0.05) is 60.7 Å². The second-order valence-corrected chi connectivity index (χ2v) is 7.40. The lowest BCUT2D eigenvalue weighted by atomic mass is 9.98. The molecule has 31 heavy (non-hydrogen) atoms. The van der Waals surface area contributed by atoms with Crippen LogP contribution in [0.2, 0.25) is 0 Å². The van der Waals surface area contributed by atoms with Crippen molar-refractivity contribution in [1.29, 1.82) is 0 Å². The van der Waals surface area contributed by atoms with Crippen molar-refractivity contribution in [3.05, 3.63) is 89.2 Å². The number of ether oxygens (including phenoxy) is 1. The summed E-state index contributed by atoms with van der Waals surface area (Å²) in [5.41, 5.74) is 4.11. The van der Waals surface area contributed by atoms with Crippen molar-refractivity contribution in [1.82, 2.24) is 5.32 Å². The lowest BCUT2D eigenvalue weighted by Gasteiger charge is -2.20. The minimum atomic E-state index is -1.62. The van der Waals surface area contributed by atoms with Gasteiger partial charge in [0.15, 0.2) is 11.6 Å². The lowest BCUT2D eigenvalue weighted by Crippen LogP contribution is -2.36. The number of amides is 1. The minimum Gasteiger partial charge on any atom is -0.505 e. The summed E-state index contributed by atoms with van der Waals surface area (Å²) in [6, 6.07) is 19.6. The van der Waals surface area contributed by atoms with Crippen molar-refractivity contribution >= 4 is 6.09 Å². The first-order valence-electron chi connectivity index (χ1n) is 9.89. The molecular weight excluding hydrogens is 401 g/mol. The summed E-state index contributed by atoms with van der Waals surface area (Å²) in [6.45, 7) is -0.243. The number of aromatic hydroxyl groups is 1. The summed E-state index contributed by atoms with van der Waals surface area (Å²) in [7, 11) is 0. The van der Waals surface area contributed by atoms with E-state index in [0.717, 1.165) is 28.3 Å². The summed E-state index contributed by atoms with van der Waals surface area (Å²) in [6.07, 6.45) is -3.87. The Labute approximate surface area is 178 Å². The van der Waals surface area contributed by atoms with Crippen LogP contribution < -0.4 is 5.32 Å². The highest BCUT2D eigenvalue weighted by Crippen LogP contribution is 2.44. The van der Waals surface area contributed by atoms with Gasteiger partial charge in [0.1, 0.15) is 18.8 Å². The molecular formula is C24H22FNO5. The van der Waals surface area contributed by atoms with Crippen molar-refractivity contribution in [2.75, 3.05) is 13.2 Å². The first-order chi connectivity index (χ1) is 15.0. The monoisotopic (exact) mass is 423 g/mol. The molecule has 0 radical (unpaired) electrons. The van der Waals surface area contributed by atoms with Gasteiger partial charge in [0, 0.05) is 18.0 Å². The molecule has 1 aliphatic rings. The molecule has 0 aromatic heterocycles. The summed E-state index contributed by atoms with van der Waals surface area (Å²) in [4.78, 5) is 12.2. The summed E-state index contributed by atoms with van der Waals surface area (Å²) < 4.78 is 19.3. The zero-order chi connectivity index (χ0) is 22.0. The van der Waals surface area contributed by atoms with Crippen molar-refractivity contribution in [3.8, 4) is 16.9 Å². The number of aliphatic hydroxyl groups excluding tert-OH is 2. The average molecular weight is 423 g/mol. The number of carbonyl (C=O) groups is 1. The molecule has 6 nitrogen and oxygen atoms in total. The summed E-state index contributed by atoms with van der Waals surface area (Å²) in [5.74, 6) is -1.75. The van der Waals surface area contributed by atoms with E-state index in [0.29, 0.717) is 0 Å². The predicted octanol–water partition coefficient (Wildman–Crippen LogP) is 3.46. The lowest BCUT2D eigenvalue weighted by molar-refractivity contribution is 0.0163. The minimum absolute atomic E-state index is 0.102. The quantitative estimate of drug-likeness (QED) is 0.487. The highest BCUT2D eigenvalue weighted by molar-refractivity contribution is 5.79. The van der Waals surface area contributed by atoms with Crippen molar-refractivity contribution in [3.63, 3.8) is 0 Å². The number of phenols is 1. The number of phenolic OH excluding ortho intramolecular Hbond substituents is 1. The molecule has 1 amide bonds. The number of aliphatic hydroxyl groups is 2. The van der Waals surface area contributed by atoms with E-state index in [-0.39, 0.29) is 24.6 Å². The van der Waals surface area contributed by atoms with Crippen LogP contribution in [-0.4, -0.2) is 40.7 Å². The largest absolute Gasteiger partial charge is 0.505 e. The third kappa shape index (κ3) is 4.10. The Balaban J connectivity index is 1.35. The van der Waals surface area contributed by atoms with Crippen LogP contribution in [0.5, 0.6) is 5.75 Å². The fourth-order valence-corrected chi connectivity index (χ4v) is 3.92. The van der Waals surface area contributed by atoms with E-state index in [1.165, 1.54) is 12.1 Å². The van der Waals surface area contributed by atoms with E-state index in [1.807, 2.05) is 48.5 Å². The van der Waals surface area contributed by atoms with Gasteiger partial charge in [-0.15, -0.1) is 0 Å². The second kappa shape index (κ2) is 8.75. The highest BCUT2D eigenvalue weighted by atomic mass is 19.1. The van der Waals surface area contributed by atoms with Crippen LogP contribution in [0.25, 0.3) is 11.1 Å². The fourth-order valence-electron chi connectivity index (χ4n) is 3.92. The molecule has 0 aliphatic heterocycles. The molecule has 0 fully saturated rings. The number of hydrogen-bond acceptors (Lipinski definition) is 5. The molecule has 0 saturated heterocycles. The van der Waals surface area contributed by atoms with Crippen molar-refractivity contribution in [2.24, 2.45) is 0 Å². The first-order valence-corrected chi connectivity index (χ1v) is 9.89. The molecule has 0 heterocycles. The number of carbonyl (C=O) groups excluding carboxylic acids is 1. The molecule has 1 aliphatic carbocycles. The van der Waals surface area contributed by atoms with E-state index >= 15 is 0 Å². The number of halogens is 1. The Kier molecular flexibility index (Phi) is 5.88. The van der Waals surface area contributed by atoms with Gasteiger partial charge in [-0.05, 0) is 28.3 Å². The number of alkyl carbamates (subject to hydrolysis) is 1. The van der Waals surface area contributed by atoms with E-state index in [4.69, 9.17) is 4.74 Å². The normalized spacial score (nSPS) is 14.4. The summed E-state index contributed by atoms with van der Waals surface area (Å²) in [5, 5.41) is 32.0. The van der Waals surface area contributed by atoms with Gasteiger partial charge in [-0.3, -0.25) is 0 Å². The molecule has 2 unspecified atom stereocenters. The Morgan fingerprint density at radius 1 is 0.968 bits per heavy atom. The van der Waals surface area contributed by atoms with E-state index in [2.05, 4.69) is 5.32 Å². The standard InChI is InChI=1S/C24H22FNO5/c25-22-18(10-5-11-20(22)27)23(29)21(28)12-26-24(30)31-13-19-16-8-3-1-6-14(16)15-7-2-4-9-17(15)19/h1-11,19,21,23,27-29H,12-13H2,(H,26,30). The molecule has 7 heteroatoms. The number of fused-ring (bicyclic) bond motifs is 3. The maximum absolute atomic E-state index is 13.9. The van der Waals surface area contributed by atoms with Crippen LogP contribution in [0.4, 0.5) is 9.18 Å². The zero-order valence-electron chi connectivity index (χ0n) is 16.5. The van der Waals surface area contributed by atoms with Crippen molar-refractivity contribution in [2.45, 2.75) is 18.1 Å². The SMILES string of the molecule is O=C(NCC(O)C(O)c1cccc(O)c1F)OCC1c2ccccc2-c2ccccc21. The molecule has 0 bridgehead atoms. The topological polar surface area (TPSA) is 99.0 Å². The molecule has 3 aromatic carbocycles. The Morgan fingerprint density at radius 3 is 2.23 bits per heavy atom. The fraction of sp³-hybridized carbons (Fsp3) is 0.208. The number of benzene rings is 3. The van der Waals surface area contributed by atoms with E-state index in [1.54, 1.807) is 0 Å². The third-order valence-corrected chi connectivity index (χ3v) is 5.49. The number of hydrogen-bond donors (Lipinski definition) is 4. The van der Waals surface area contributed by atoms with Gasteiger partial charge in [0.25, 0.3) is 0 Å². The smallest absolute Gasteiger partial charge is 0.407 e. The average Bonchev–Trinajstić information content (AvgIpc) is 3.11. The molecule has 160 valence electrons. The molecule has 0 spiro atoms. The predicted molar refractivity (Wildman–Crippen MR) is 112 cm³/mol. The van der Waals surface area contributed by atoms with Gasteiger partial charge in [0.05, 0.1) is 0 Å². The highest BCUT2D eigenvalue weighted by Gasteiger charge is 2.29. The summed E-state index contributed by atoms with van der Waals surface area (Å²) >= 11 is 0. The Hall–Kier alpha value is -3.42. The van der Waals surface area contributed by atoms with Crippen molar-refractivity contribution < 1.29 is 29.2 Å². The zero-order valence-corrected chi connectivity index (χ0v) is 16.5. The van der Waals surface area contributed by atoms with Crippen LogP contribution in [0.1, 0.15) is 28.7 Å². The molecule has 0 saturated carbocycles. The Bertz CT molecular complexity index is 1060. The van der Waals surface area contributed by atoms with Gasteiger partial charge in [0.2, 0.25) is 0 Å². The maximum atomic E-state index is 13.9. The van der Waals surface area contributed by atoms with Crippen LogP contribution in [0.15, 0.2) is 66.7 Å². The molecule has 3 aromatic rings. The maximum Gasteiger partial charge on any atom is 0.407 e. The molecule has 2 atom stereocenters.